The van der Waals surface area contributed by atoms with Gasteiger partial charge in [-0.25, -0.2) is 0 Å². The molecule has 1 heterocycles. The van der Waals surface area contributed by atoms with Gasteiger partial charge in [0.2, 0.25) is 0 Å². The Morgan fingerprint density at radius 1 is 1.85 bits per heavy atom. The summed E-state index contributed by atoms with van der Waals surface area (Å²) >= 11 is 7.23. The van der Waals surface area contributed by atoms with Crippen LogP contribution in [-0.2, 0) is 4.79 Å². The molecule has 1 aliphatic rings. The highest BCUT2D eigenvalue weighted by Crippen LogP contribution is 2.23. The topological polar surface area (TPSA) is 20.3 Å². The Hall–Kier alpha value is -0.150. The van der Waals surface area contributed by atoms with Crippen molar-refractivity contribution >= 4 is 29.3 Å². The van der Waals surface area contributed by atoms with Gasteiger partial charge in [0.05, 0.1) is 0 Å². The third-order valence-electron chi connectivity index (χ3n) is 2.26. The van der Waals surface area contributed by atoms with Gasteiger partial charge in [-0.1, -0.05) is 6.08 Å². The third-order valence-corrected chi connectivity index (χ3v) is 3.59. The van der Waals surface area contributed by atoms with E-state index >= 15 is 0 Å². The molecular formula is C9H14ClNOS. The van der Waals surface area contributed by atoms with E-state index in [1.54, 1.807) is 0 Å². The molecule has 0 N–H and O–H groups in total. The molecule has 2 nitrogen and oxygen atoms in total. The molecule has 13 heavy (non-hydrogen) atoms. The van der Waals surface area contributed by atoms with E-state index in [2.05, 4.69) is 6.58 Å². The Morgan fingerprint density at radius 3 is 3.08 bits per heavy atom. The van der Waals surface area contributed by atoms with E-state index < -0.39 is 4.71 Å². The highest BCUT2D eigenvalue weighted by molar-refractivity contribution is 8.01. The first-order valence-corrected chi connectivity index (χ1v) is 6.03. The highest BCUT2D eigenvalue weighted by atomic mass is 35.5. The molecule has 1 amide bonds. The van der Waals surface area contributed by atoms with E-state index in [1.165, 1.54) is 11.8 Å². The maximum absolute atomic E-state index is 11.7. The Labute approximate surface area is 88.3 Å². The summed E-state index contributed by atoms with van der Waals surface area (Å²) in [5, 5.41) is 0. The van der Waals surface area contributed by atoms with Crippen molar-refractivity contribution in [1.29, 1.82) is 0 Å². The van der Waals surface area contributed by atoms with E-state index in [0.717, 1.165) is 19.4 Å². The van der Waals surface area contributed by atoms with Crippen LogP contribution in [0.5, 0.6) is 0 Å². The van der Waals surface area contributed by atoms with Crippen molar-refractivity contribution < 1.29 is 4.79 Å². The van der Waals surface area contributed by atoms with Crippen molar-refractivity contribution in [2.24, 2.45) is 0 Å². The zero-order valence-electron chi connectivity index (χ0n) is 7.70. The van der Waals surface area contributed by atoms with Crippen LogP contribution in [-0.4, -0.2) is 34.4 Å². The molecule has 1 rings (SSSR count). The maximum Gasteiger partial charge on any atom is 0.251 e. The van der Waals surface area contributed by atoms with Gasteiger partial charge in [-0.15, -0.1) is 29.9 Å². The van der Waals surface area contributed by atoms with Crippen LogP contribution in [0.2, 0.25) is 0 Å². The summed E-state index contributed by atoms with van der Waals surface area (Å²) < 4.78 is -0.444. The number of hydrogen-bond donors (Lipinski definition) is 0. The summed E-state index contributed by atoms with van der Waals surface area (Å²) in [6.07, 6.45) is 5.75. The fraction of sp³-hybridized carbons (Fsp3) is 0.667. The number of amides is 1. The van der Waals surface area contributed by atoms with Crippen LogP contribution in [0.25, 0.3) is 0 Å². The van der Waals surface area contributed by atoms with Crippen LogP contribution in [0.3, 0.4) is 0 Å². The monoisotopic (exact) mass is 219 g/mol. The lowest BCUT2D eigenvalue weighted by atomic mass is 10.2. The fourth-order valence-corrected chi connectivity index (χ4v) is 2.00. The summed E-state index contributed by atoms with van der Waals surface area (Å²) in [4.78, 5) is 13.5. The third kappa shape index (κ3) is 2.41. The minimum Gasteiger partial charge on any atom is -0.334 e. The Balaban J connectivity index is 2.59. The lowest BCUT2D eigenvalue weighted by molar-refractivity contribution is -0.129. The van der Waals surface area contributed by atoms with Gasteiger partial charge < -0.3 is 4.90 Å². The minimum atomic E-state index is -0.444. The van der Waals surface area contributed by atoms with Gasteiger partial charge in [0, 0.05) is 12.6 Å². The number of rotatable bonds is 3. The number of carbonyl (C=O) groups excluding carboxylic acids is 1. The molecule has 0 radical (unpaired) electrons. The predicted octanol–water partition coefficient (Wildman–Crippen LogP) is 2.09. The van der Waals surface area contributed by atoms with E-state index in [9.17, 15) is 4.79 Å². The summed E-state index contributed by atoms with van der Waals surface area (Å²) in [5.74, 6) is 0.0246. The smallest absolute Gasteiger partial charge is 0.251 e. The van der Waals surface area contributed by atoms with Crippen LogP contribution < -0.4 is 0 Å². The second-order valence-corrected chi connectivity index (χ2v) is 4.67. The summed E-state index contributed by atoms with van der Waals surface area (Å²) in [6, 6.07) is 0.195. The minimum absolute atomic E-state index is 0.0246. The summed E-state index contributed by atoms with van der Waals surface area (Å²) in [7, 11) is 0. The Morgan fingerprint density at radius 2 is 2.54 bits per heavy atom. The molecule has 2 atom stereocenters. The quantitative estimate of drug-likeness (QED) is 0.535. The molecule has 1 fully saturated rings. The van der Waals surface area contributed by atoms with Gasteiger partial charge in [0.25, 0.3) is 5.91 Å². The lowest BCUT2D eigenvalue weighted by Gasteiger charge is -2.23. The maximum atomic E-state index is 11.7. The average molecular weight is 220 g/mol. The van der Waals surface area contributed by atoms with Crippen LogP contribution in [0.1, 0.15) is 12.8 Å². The normalized spacial score (nSPS) is 24.5. The highest BCUT2D eigenvalue weighted by Gasteiger charge is 2.29. The van der Waals surface area contributed by atoms with Gasteiger partial charge in [-0.3, -0.25) is 4.79 Å². The molecule has 1 saturated heterocycles. The number of likely N-dealkylation sites (tertiary alicyclic amines) is 1. The van der Waals surface area contributed by atoms with Gasteiger partial charge in [-0.2, -0.15) is 0 Å². The zero-order valence-corrected chi connectivity index (χ0v) is 9.27. The molecule has 0 saturated carbocycles. The average Bonchev–Trinajstić information content (AvgIpc) is 2.62. The summed E-state index contributed by atoms with van der Waals surface area (Å²) in [6.45, 7) is 4.54. The second kappa shape index (κ2) is 4.91. The van der Waals surface area contributed by atoms with Crippen LogP contribution in [0.4, 0.5) is 0 Å². The number of carbonyl (C=O) groups is 1. The first kappa shape index (κ1) is 10.9. The molecule has 4 heteroatoms. The largest absolute Gasteiger partial charge is 0.334 e. The van der Waals surface area contributed by atoms with Crippen molar-refractivity contribution in [2.75, 3.05) is 12.8 Å². The molecule has 0 aromatic rings. The molecule has 0 aromatic heterocycles. The van der Waals surface area contributed by atoms with E-state index in [-0.39, 0.29) is 11.9 Å². The molecule has 1 unspecified atom stereocenters. The number of alkyl halides is 1. The zero-order chi connectivity index (χ0) is 9.84. The number of halogens is 1. The SMILES string of the molecule is C=C[C@@H]1CCCN1C(=O)C(Cl)SC. The molecule has 0 spiro atoms. The predicted molar refractivity (Wildman–Crippen MR) is 58.1 cm³/mol. The van der Waals surface area contributed by atoms with Crippen molar-refractivity contribution in [2.45, 2.75) is 23.6 Å². The Bertz CT molecular complexity index is 210. The van der Waals surface area contributed by atoms with Crippen LogP contribution in [0, 0.1) is 0 Å². The van der Waals surface area contributed by atoms with Crippen molar-refractivity contribution in [3.8, 4) is 0 Å². The summed E-state index contributed by atoms with van der Waals surface area (Å²) in [5.41, 5.74) is 0. The van der Waals surface area contributed by atoms with Crippen LogP contribution in [0.15, 0.2) is 12.7 Å². The van der Waals surface area contributed by atoms with Gasteiger partial charge in [-0.05, 0) is 19.1 Å². The number of thioether (sulfide) groups is 1. The van der Waals surface area contributed by atoms with Crippen molar-refractivity contribution in [1.82, 2.24) is 4.90 Å². The molecule has 74 valence electrons. The van der Waals surface area contributed by atoms with Crippen molar-refractivity contribution in [3.05, 3.63) is 12.7 Å². The van der Waals surface area contributed by atoms with E-state index in [4.69, 9.17) is 11.6 Å². The second-order valence-electron chi connectivity index (χ2n) is 3.03. The van der Waals surface area contributed by atoms with Gasteiger partial charge in [0.1, 0.15) is 0 Å². The van der Waals surface area contributed by atoms with Crippen LogP contribution >= 0.6 is 23.4 Å². The number of hydrogen-bond acceptors (Lipinski definition) is 2. The van der Waals surface area contributed by atoms with E-state index in [0.29, 0.717) is 0 Å². The first-order valence-electron chi connectivity index (χ1n) is 4.30. The van der Waals surface area contributed by atoms with E-state index in [1.807, 2.05) is 17.2 Å². The fourth-order valence-electron chi connectivity index (χ4n) is 1.54. The molecular weight excluding hydrogens is 206 g/mol. The Kier molecular flexibility index (Phi) is 4.13. The molecule has 0 bridgehead atoms. The first-order chi connectivity index (χ1) is 6.20. The van der Waals surface area contributed by atoms with Gasteiger partial charge in [0.15, 0.2) is 4.71 Å². The lowest BCUT2D eigenvalue weighted by Crippen LogP contribution is -2.38. The number of nitrogens with zero attached hydrogens (tertiary/aromatic N) is 1. The standard InChI is InChI=1S/C9H14ClNOS/c1-3-7-5-4-6-11(7)9(12)8(10)13-2/h3,7-8H,1,4-6H2,2H3/t7-,8?/m1/s1. The molecule has 0 aliphatic carbocycles. The molecule has 0 aromatic carbocycles. The van der Waals surface area contributed by atoms with Gasteiger partial charge >= 0.3 is 0 Å². The molecule has 1 aliphatic heterocycles. The van der Waals surface area contributed by atoms with Crippen molar-refractivity contribution in [3.63, 3.8) is 0 Å².